The van der Waals surface area contributed by atoms with Gasteiger partial charge >= 0.3 is 0 Å². The number of halogens is 5. The Kier molecular flexibility index (Phi) is 4.01. The van der Waals surface area contributed by atoms with Gasteiger partial charge in [-0.1, -0.05) is 0 Å². The predicted octanol–water partition coefficient (Wildman–Crippen LogP) is 4.03. The molecule has 108 valence electrons. The van der Waals surface area contributed by atoms with E-state index in [2.05, 4.69) is 10.2 Å². The van der Waals surface area contributed by atoms with Gasteiger partial charge in [-0.05, 0) is 12.8 Å². The summed E-state index contributed by atoms with van der Waals surface area (Å²) < 4.78 is 65.2. The molecular formula is C12H10F5N3. The molecule has 1 aromatic carbocycles. The van der Waals surface area contributed by atoms with Crippen molar-refractivity contribution in [2.75, 3.05) is 13.6 Å². The lowest BCUT2D eigenvalue weighted by atomic mass is 10.2. The molecule has 1 aliphatic heterocycles. The van der Waals surface area contributed by atoms with Gasteiger partial charge in [0.1, 0.15) is 0 Å². The van der Waals surface area contributed by atoms with Crippen LogP contribution in [-0.2, 0) is 0 Å². The number of hydrogen-bond acceptors (Lipinski definition) is 3. The SMILES string of the molecule is CN1CCC/C1=C\N=Nc1c(F)c(F)c(F)c(F)c1F. The van der Waals surface area contributed by atoms with Gasteiger partial charge in [-0.25, -0.2) is 22.0 Å². The van der Waals surface area contributed by atoms with Gasteiger partial charge in [0, 0.05) is 19.3 Å². The van der Waals surface area contributed by atoms with Gasteiger partial charge in [0.2, 0.25) is 5.82 Å². The van der Waals surface area contributed by atoms with Gasteiger partial charge in [0.25, 0.3) is 0 Å². The first kappa shape index (κ1) is 14.4. The van der Waals surface area contributed by atoms with Gasteiger partial charge in [-0.3, -0.25) is 0 Å². The minimum atomic E-state index is -2.21. The maximum Gasteiger partial charge on any atom is 0.200 e. The van der Waals surface area contributed by atoms with Gasteiger partial charge in [-0.15, -0.1) is 5.11 Å². The topological polar surface area (TPSA) is 28.0 Å². The lowest BCUT2D eigenvalue weighted by Crippen LogP contribution is -2.09. The van der Waals surface area contributed by atoms with Crippen LogP contribution >= 0.6 is 0 Å². The van der Waals surface area contributed by atoms with Crippen molar-refractivity contribution in [1.29, 1.82) is 0 Å². The van der Waals surface area contributed by atoms with Gasteiger partial charge in [0.05, 0.1) is 6.20 Å². The Hall–Kier alpha value is -1.99. The Balaban J connectivity index is 2.35. The second-order valence-corrected chi connectivity index (χ2v) is 4.28. The molecule has 0 radical (unpaired) electrons. The fourth-order valence-electron chi connectivity index (χ4n) is 1.83. The largest absolute Gasteiger partial charge is 0.377 e. The summed E-state index contributed by atoms with van der Waals surface area (Å²) in [6.45, 7) is 0.809. The minimum Gasteiger partial charge on any atom is -0.377 e. The van der Waals surface area contributed by atoms with Crippen molar-refractivity contribution in [1.82, 2.24) is 4.90 Å². The summed E-state index contributed by atoms with van der Waals surface area (Å²) in [5, 5.41) is 6.48. The predicted molar refractivity (Wildman–Crippen MR) is 60.7 cm³/mol. The molecular weight excluding hydrogens is 281 g/mol. The summed E-state index contributed by atoms with van der Waals surface area (Å²) in [6.07, 6.45) is 2.86. The van der Waals surface area contributed by atoms with E-state index in [1.165, 1.54) is 6.20 Å². The van der Waals surface area contributed by atoms with E-state index in [4.69, 9.17) is 0 Å². The van der Waals surface area contributed by atoms with Crippen LogP contribution in [0.3, 0.4) is 0 Å². The normalized spacial score (nSPS) is 17.7. The summed E-state index contributed by atoms with van der Waals surface area (Å²) in [5.41, 5.74) is -0.517. The Morgan fingerprint density at radius 3 is 2.00 bits per heavy atom. The first-order valence-corrected chi connectivity index (χ1v) is 5.76. The zero-order chi connectivity index (χ0) is 14.9. The number of benzene rings is 1. The Morgan fingerprint density at radius 1 is 0.950 bits per heavy atom. The van der Waals surface area contributed by atoms with E-state index in [1.54, 1.807) is 7.05 Å². The maximum absolute atomic E-state index is 13.3. The molecule has 0 aliphatic carbocycles. The molecule has 0 amide bonds. The highest BCUT2D eigenvalue weighted by atomic mass is 19.2. The fraction of sp³-hybridized carbons (Fsp3) is 0.333. The summed E-state index contributed by atoms with van der Waals surface area (Å²) in [7, 11) is 1.80. The van der Waals surface area contributed by atoms with Crippen LogP contribution in [-0.4, -0.2) is 18.5 Å². The van der Waals surface area contributed by atoms with Crippen LogP contribution in [0.4, 0.5) is 27.6 Å². The van der Waals surface area contributed by atoms with Crippen LogP contribution in [0.25, 0.3) is 0 Å². The smallest absolute Gasteiger partial charge is 0.200 e. The van der Waals surface area contributed by atoms with Crippen molar-refractivity contribution in [3.63, 3.8) is 0 Å². The van der Waals surface area contributed by atoms with Crippen molar-refractivity contribution >= 4 is 5.69 Å². The molecule has 0 unspecified atom stereocenters. The molecule has 1 aromatic rings. The maximum atomic E-state index is 13.3. The van der Waals surface area contributed by atoms with E-state index in [0.29, 0.717) is 6.42 Å². The number of azo groups is 1. The highest BCUT2D eigenvalue weighted by Crippen LogP contribution is 2.29. The van der Waals surface area contributed by atoms with Crippen molar-refractivity contribution in [3.8, 4) is 0 Å². The second-order valence-electron chi connectivity index (χ2n) is 4.28. The van der Waals surface area contributed by atoms with Gasteiger partial charge in [-0.2, -0.15) is 5.11 Å². The van der Waals surface area contributed by atoms with E-state index >= 15 is 0 Å². The van der Waals surface area contributed by atoms with E-state index in [1.807, 2.05) is 4.90 Å². The first-order chi connectivity index (χ1) is 9.43. The van der Waals surface area contributed by atoms with Crippen molar-refractivity contribution in [3.05, 3.63) is 41.0 Å². The molecule has 8 heteroatoms. The molecule has 0 N–H and O–H groups in total. The number of likely N-dealkylation sites (tertiary alicyclic amines) is 1. The van der Waals surface area contributed by atoms with Crippen LogP contribution in [0.2, 0.25) is 0 Å². The molecule has 0 atom stereocenters. The Labute approximate surface area is 111 Å². The Bertz CT molecular complexity index is 568. The third kappa shape index (κ3) is 2.50. The molecule has 0 bridgehead atoms. The zero-order valence-corrected chi connectivity index (χ0v) is 10.4. The summed E-state index contributed by atoms with van der Waals surface area (Å²) in [4.78, 5) is 1.86. The number of allylic oxidation sites excluding steroid dienone is 1. The average molecular weight is 291 g/mol. The van der Waals surface area contributed by atoms with Crippen LogP contribution in [0.1, 0.15) is 12.8 Å². The minimum absolute atomic E-state index is 0.715. The number of nitrogens with zero attached hydrogens (tertiary/aromatic N) is 3. The lowest BCUT2D eigenvalue weighted by molar-refractivity contribution is 0.380. The summed E-state index contributed by atoms with van der Waals surface area (Å²) in [5.74, 6) is -10.3. The third-order valence-corrected chi connectivity index (χ3v) is 2.97. The summed E-state index contributed by atoms with van der Waals surface area (Å²) in [6, 6.07) is 0. The van der Waals surface area contributed by atoms with Crippen LogP contribution in [0.5, 0.6) is 0 Å². The van der Waals surface area contributed by atoms with E-state index in [0.717, 1.165) is 18.7 Å². The summed E-state index contributed by atoms with van der Waals surface area (Å²) >= 11 is 0. The highest BCUT2D eigenvalue weighted by Gasteiger charge is 2.25. The first-order valence-electron chi connectivity index (χ1n) is 5.76. The number of rotatable bonds is 2. The lowest BCUT2D eigenvalue weighted by Gasteiger charge is -2.10. The zero-order valence-electron chi connectivity index (χ0n) is 10.4. The van der Waals surface area contributed by atoms with Crippen LogP contribution in [0.15, 0.2) is 22.1 Å². The quantitative estimate of drug-likeness (QED) is 0.350. The molecule has 1 fully saturated rings. The Morgan fingerprint density at radius 2 is 1.50 bits per heavy atom. The van der Waals surface area contributed by atoms with E-state index in [-0.39, 0.29) is 0 Å². The van der Waals surface area contributed by atoms with Crippen molar-refractivity contribution in [2.24, 2.45) is 10.2 Å². The molecule has 2 rings (SSSR count). The molecule has 1 saturated heterocycles. The molecule has 0 aromatic heterocycles. The number of hydrogen-bond donors (Lipinski definition) is 0. The molecule has 20 heavy (non-hydrogen) atoms. The molecule has 3 nitrogen and oxygen atoms in total. The molecule has 1 heterocycles. The monoisotopic (exact) mass is 291 g/mol. The van der Waals surface area contributed by atoms with Crippen molar-refractivity contribution < 1.29 is 22.0 Å². The third-order valence-electron chi connectivity index (χ3n) is 2.97. The van der Waals surface area contributed by atoms with Crippen LogP contribution < -0.4 is 0 Å². The molecule has 0 saturated carbocycles. The van der Waals surface area contributed by atoms with Gasteiger partial charge < -0.3 is 4.90 Å². The van der Waals surface area contributed by atoms with Crippen molar-refractivity contribution in [2.45, 2.75) is 12.8 Å². The fourth-order valence-corrected chi connectivity index (χ4v) is 1.83. The van der Waals surface area contributed by atoms with E-state index in [9.17, 15) is 22.0 Å². The van der Waals surface area contributed by atoms with Gasteiger partial charge in [0.15, 0.2) is 29.0 Å². The average Bonchev–Trinajstić information content (AvgIpc) is 2.84. The standard InChI is InChI=1S/C12H10F5N3/c1-20-4-2-3-6(20)5-18-19-12-10(16)8(14)7(13)9(15)11(12)17/h5H,2-4H2,1H3/b6-5+,19-18?. The van der Waals surface area contributed by atoms with Crippen LogP contribution in [0, 0.1) is 29.1 Å². The molecule has 0 spiro atoms. The van der Waals surface area contributed by atoms with E-state index < -0.39 is 34.8 Å². The second kappa shape index (κ2) is 5.56. The molecule has 1 aliphatic rings. The highest BCUT2D eigenvalue weighted by molar-refractivity contribution is 5.41.